The van der Waals surface area contributed by atoms with Crippen LogP contribution < -0.4 is 11.0 Å². The van der Waals surface area contributed by atoms with E-state index >= 15 is 0 Å². The molecule has 0 atom stereocenters. The van der Waals surface area contributed by atoms with Crippen LogP contribution in [0.3, 0.4) is 0 Å². The van der Waals surface area contributed by atoms with E-state index in [9.17, 15) is 0 Å². The molecule has 3 aromatic carbocycles. The molecule has 1 nitrogen and oxygen atoms in total. The topological polar surface area (TPSA) is 26.0 Å². The SMILES string of the molecule is C=Pc1ccc(-c2ccccc2)c(N)c1-c1ccccc1. The zero-order valence-corrected chi connectivity index (χ0v) is 12.6. The summed E-state index contributed by atoms with van der Waals surface area (Å²) in [6.45, 7) is 0. The van der Waals surface area contributed by atoms with Gasteiger partial charge in [-0.05, 0) is 17.2 Å². The summed E-state index contributed by atoms with van der Waals surface area (Å²) in [5.74, 6) is 0. The van der Waals surface area contributed by atoms with Gasteiger partial charge < -0.3 is 5.73 Å². The molecule has 0 aliphatic heterocycles. The third kappa shape index (κ3) is 2.61. The predicted octanol–water partition coefficient (Wildman–Crippen LogP) is 4.61. The van der Waals surface area contributed by atoms with Crippen LogP contribution in [0.5, 0.6) is 0 Å². The van der Waals surface area contributed by atoms with Crippen LogP contribution in [0.15, 0.2) is 72.8 Å². The highest BCUT2D eigenvalue weighted by Crippen LogP contribution is 2.34. The molecular formula is C19H16NP. The van der Waals surface area contributed by atoms with Gasteiger partial charge in [-0.2, -0.15) is 0 Å². The number of hydrogen-bond acceptors (Lipinski definition) is 1. The second-order valence-electron chi connectivity index (χ2n) is 4.81. The van der Waals surface area contributed by atoms with Crippen molar-refractivity contribution in [1.82, 2.24) is 0 Å². The van der Waals surface area contributed by atoms with Crippen LogP contribution in [0.1, 0.15) is 0 Å². The Morgan fingerprint density at radius 3 is 1.86 bits per heavy atom. The maximum atomic E-state index is 6.49. The first-order chi connectivity index (χ1) is 10.3. The molecule has 0 aliphatic carbocycles. The van der Waals surface area contributed by atoms with Gasteiger partial charge in [0, 0.05) is 22.1 Å². The molecule has 0 aliphatic rings. The van der Waals surface area contributed by atoms with Crippen molar-refractivity contribution in [2.75, 3.05) is 5.73 Å². The van der Waals surface area contributed by atoms with E-state index in [1.54, 1.807) is 0 Å². The van der Waals surface area contributed by atoms with E-state index in [2.05, 4.69) is 42.7 Å². The normalized spacial score (nSPS) is 10.7. The first kappa shape index (κ1) is 13.6. The molecular weight excluding hydrogens is 273 g/mol. The third-order valence-corrected chi connectivity index (χ3v) is 4.25. The van der Waals surface area contributed by atoms with Gasteiger partial charge in [0.2, 0.25) is 0 Å². The fourth-order valence-electron chi connectivity index (χ4n) is 2.52. The molecule has 21 heavy (non-hydrogen) atoms. The zero-order valence-electron chi connectivity index (χ0n) is 11.7. The molecule has 0 heterocycles. The molecule has 2 N–H and O–H groups in total. The van der Waals surface area contributed by atoms with Gasteiger partial charge in [0.25, 0.3) is 0 Å². The second kappa shape index (κ2) is 5.95. The summed E-state index contributed by atoms with van der Waals surface area (Å²) >= 11 is 0. The average Bonchev–Trinajstić information content (AvgIpc) is 2.56. The molecule has 3 rings (SSSR count). The monoisotopic (exact) mass is 289 g/mol. The second-order valence-corrected chi connectivity index (χ2v) is 5.61. The number of benzene rings is 3. The largest absolute Gasteiger partial charge is 0.398 e. The summed E-state index contributed by atoms with van der Waals surface area (Å²) in [7, 11) is 0.977. The van der Waals surface area contributed by atoms with E-state index in [1.165, 1.54) is 0 Å². The fraction of sp³-hybridized carbons (Fsp3) is 0. The lowest BCUT2D eigenvalue weighted by Crippen LogP contribution is -2.04. The van der Waals surface area contributed by atoms with E-state index in [0.717, 1.165) is 41.4 Å². The summed E-state index contributed by atoms with van der Waals surface area (Å²) in [6, 6.07) is 24.7. The highest BCUT2D eigenvalue weighted by atomic mass is 31.1. The molecule has 0 saturated carbocycles. The van der Waals surface area contributed by atoms with Crippen molar-refractivity contribution in [3.05, 3.63) is 72.8 Å². The first-order valence-electron chi connectivity index (χ1n) is 6.81. The Balaban J connectivity index is 2.26. The van der Waals surface area contributed by atoms with Crippen LogP contribution in [0.4, 0.5) is 5.69 Å². The number of anilines is 1. The van der Waals surface area contributed by atoms with E-state index in [0.29, 0.717) is 0 Å². The maximum Gasteiger partial charge on any atom is 0.0483 e. The molecule has 0 fully saturated rings. The van der Waals surface area contributed by atoms with Crippen LogP contribution in [0.2, 0.25) is 0 Å². The third-order valence-electron chi connectivity index (χ3n) is 3.54. The van der Waals surface area contributed by atoms with Gasteiger partial charge in [-0.3, -0.25) is 0 Å². The van der Waals surface area contributed by atoms with Crippen LogP contribution >= 0.6 is 8.20 Å². The summed E-state index contributed by atoms with van der Waals surface area (Å²) < 4.78 is 0. The number of hydrogen-bond donors (Lipinski definition) is 1. The Labute approximate surface area is 126 Å². The lowest BCUT2D eigenvalue weighted by atomic mass is 9.96. The van der Waals surface area contributed by atoms with Gasteiger partial charge in [-0.1, -0.05) is 81.2 Å². The Morgan fingerprint density at radius 1 is 0.714 bits per heavy atom. The van der Waals surface area contributed by atoms with Crippen molar-refractivity contribution >= 4 is 25.5 Å². The van der Waals surface area contributed by atoms with Gasteiger partial charge in [0.15, 0.2) is 0 Å². The minimum Gasteiger partial charge on any atom is -0.398 e. The molecule has 102 valence electrons. The van der Waals surface area contributed by atoms with E-state index in [4.69, 9.17) is 5.73 Å². The minimum absolute atomic E-state index is 0.820. The van der Waals surface area contributed by atoms with Crippen molar-refractivity contribution in [3.63, 3.8) is 0 Å². The van der Waals surface area contributed by atoms with Crippen molar-refractivity contribution in [1.29, 1.82) is 0 Å². The van der Waals surface area contributed by atoms with Gasteiger partial charge in [-0.15, -0.1) is 0 Å². The summed E-state index contributed by atoms with van der Waals surface area (Å²) in [5.41, 5.74) is 11.8. The minimum atomic E-state index is 0.820. The maximum absolute atomic E-state index is 6.49. The van der Waals surface area contributed by atoms with E-state index in [-0.39, 0.29) is 0 Å². The average molecular weight is 289 g/mol. The number of nitrogens with two attached hydrogens (primary N) is 1. The Morgan fingerprint density at radius 2 is 1.29 bits per heavy atom. The Hall–Kier alpha value is -2.37. The molecule has 0 saturated heterocycles. The van der Waals surface area contributed by atoms with Crippen LogP contribution in [0, 0.1) is 0 Å². The quantitative estimate of drug-likeness (QED) is 0.553. The highest BCUT2D eigenvalue weighted by Gasteiger charge is 2.12. The standard InChI is InChI=1S/C19H16NP/c1-21-17-13-12-16(14-8-4-2-5-9-14)19(20)18(17)15-10-6-3-7-11-15/h2-13H,1,20H2. The lowest BCUT2D eigenvalue weighted by Gasteiger charge is -2.14. The van der Waals surface area contributed by atoms with Crippen molar-refractivity contribution in [2.45, 2.75) is 0 Å². The Bertz CT molecular complexity index is 764. The van der Waals surface area contributed by atoms with Gasteiger partial charge in [0.05, 0.1) is 0 Å². The van der Waals surface area contributed by atoms with E-state index in [1.807, 2.05) is 36.4 Å². The van der Waals surface area contributed by atoms with Crippen molar-refractivity contribution in [2.24, 2.45) is 0 Å². The predicted molar refractivity (Wildman–Crippen MR) is 95.4 cm³/mol. The van der Waals surface area contributed by atoms with Crippen LogP contribution in [-0.2, 0) is 0 Å². The Kier molecular flexibility index (Phi) is 3.85. The molecule has 0 bridgehead atoms. The van der Waals surface area contributed by atoms with Crippen LogP contribution in [-0.4, -0.2) is 6.30 Å². The first-order valence-corrected chi connectivity index (χ1v) is 7.89. The smallest absolute Gasteiger partial charge is 0.0483 e. The molecule has 3 aromatic rings. The molecule has 0 aromatic heterocycles. The molecule has 0 unspecified atom stereocenters. The van der Waals surface area contributed by atoms with Gasteiger partial charge in [0.1, 0.15) is 0 Å². The van der Waals surface area contributed by atoms with Gasteiger partial charge >= 0.3 is 0 Å². The number of nitrogen functional groups attached to an aromatic ring is 1. The molecule has 2 heteroatoms. The molecule has 0 spiro atoms. The van der Waals surface area contributed by atoms with Crippen molar-refractivity contribution < 1.29 is 0 Å². The molecule has 0 amide bonds. The number of rotatable bonds is 3. The van der Waals surface area contributed by atoms with Gasteiger partial charge in [-0.25, -0.2) is 0 Å². The molecule has 0 radical (unpaired) electrons. The van der Waals surface area contributed by atoms with E-state index < -0.39 is 0 Å². The highest BCUT2D eigenvalue weighted by molar-refractivity contribution is 7.46. The summed E-state index contributed by atoms with van der Waals surface area (Å²) in [4.78, 5) is 0. The zero-order chi connectivity index (χ0) is 14.7. The fourth-order valence-corrected chi connectivity index (χ4v) is 3.11. The summed E-state index contributed by atoms with van der Waals surface area (Å²) in [5, 5.41) is 1.15. The lowest BCUT2D eigenvalue weighted by molar-refractivity contribution is 1.60. The van der Waals surface area contributed by atoms with Crippen LogP contribution in [0.25, 0.3) is 22.3 Å². The summed E-state index contributed by atoms with van der Waals surface area (Å²) in [6.07, 6.45) is 4.00. The van der Waals surface area contributed by atoms with Crippen molar-refractivity contribution in [3.8, 4) is 22.3 Å².